The molecule has 2 aromatic heterocycles. The molecule has 2 heterocycles. The molecule has 0 unspecified atom stereocenters. The molecule has 0 radical (unpaired) electrons. The van der Waals surface area contributed by atoms with Crippen molar-refractivity contribution in [3.8, 4) is 0 Å². The molecule has 0 aromatic carbocycles. The van der Waals surface area contributed by atoms with E-state index in [9.17, 15) is 4.79 Å². The van der Waals surface area contributed by atoms with E-state index < -0.39 is 0 Å². The number of rotatable bonds is 3. The van der Waals surface area contributed by atoms with Crippen LogP contribution in [0.4, 0.5) is 0 Å². The molecule has 0 atom stereocenters. The molecule has 0 spiro atoms. The van der Waals surface area contributed by atoms with Gasteiger partial charge in [-0.05, 0) is 6.07 Å². The van der Waals surface area contributed by atoms with Crippen LogP contribution < -0.4 is 0 Å². The summed E-state index contributed by atoms with van der Waals surface area (Å²) in [4.78, 5) is 11.7. The molecular weight excluding hydrogens is 192 g/mol. The molecule has 0 aliphatic heterocycles. The summed E-state index contributed by atoms with van der Waals surface area (Å²) in [7, 11) is 3.62. The van der Waals surface area contributed by atoms with Gasteiger partial charge in [0.2, 0.25) is 0 Å². The predicted molar refractivity (Wildman–Crippen MR) is 54.5 cm³/mol. The Balaban J connectivity index is 2.10. The van der Waals surface area contributed by atoms with E-state index in [4.69, 9.17) is 0 Å². The topological polar surface area (TPSA) is 52.7 Å². The Bertz CT molecular complexity index is 483. The molecule has 5 heteroatoms. The SMILES string of the molecule is Cn1cc(C(=O)Cc2ccn(C)n2)cn1. The third kappa shape index (κ3) is 2.12. The van der Waals surface area contributed by atoms with Gasteiger partial charge in [-0.2, -0.15) is 10.2 Å². The maximum absolute atomic E-state index is 11.7. The van der Waals surface area contributed by atoms with Gasteiger partial charge in [0.1, 0.15) is 0 Å². The fourth-order valence-electron chi connectivity index (χ4n) is 1.39. The molecule has 0 saturated carbocycles. The second-order valence-corrected chi connectivity index (χ2v) is 3.48. The van der Waals surface area contributed by atoms with Crippen LogP contribution in [-0.4, -0.2) is 25.3 Å². The van der Waals surface area contributed by atoms with Crippen LogP contribution in [0.1, 0.15) is 16.1 Å². The molecule has 0 fully saturated rings. The van der Waals surface area contributed by atoms with Gasteiger partial charge in [-0.3, -0.25) is 14.2 Å². The smallest absolute Gasteiger partial charge is 0.172 e. The van der Waals surface area contributed by atoms with Gasteiger partial charge in [-0.15, -0.1) is 0 Å². The van der Waals surface area contributed by atoms with E-state index in [0.29, 0.717) is 12.0 Å². The van der Waals surface area contributed by atoms with Crippen LogP contribution in [0.3, 0.4) is 0 Å². The van der Waals surface area contributed by atoms with E-state index in [1.807, 2.05) is 19.3 Å². The summed E-state index contributed by atoms with van der Waals surface area (Å²) in [5.74, 6) is 0.0433. The summed E-state index contributed by atoms with van der Waals surface area (Å²) < 4.78 is 3.30. The van der Waals surface area contributed by atoms with Crippen molar-refractivity contribution in [2.24, 2.45) is 14.1 Å². The van der Waals surface area contributed by atoms with Crippen molar-refractivity contribution >= 4 is 5.78 Å². The number of carbonyl (C=O) groups is 1. The van der Waals surface area contributed by atoms with Crippen LogP contribution in [0.2, 0.25) is 0 Å². The van der Waals surface area contributed by atoms with Gasteiger partial charge in [-0.25, -0.2) is 0 Å². The standard InChI is InChI=1S/C10H12N4O/c1-13-4-3-9(12-13)5-10(15)8-6-11-14(2)7-8/h3-4,6-7H,5H2,1-2H3. The molecule has 5 nitrogen and oxygen atoms in total. The largest absolute Gasteiger partial charge is 0.294 e. The lowest BCUT2D eigenvalue weighted by atomic mass is 10.1. The third-order valence-corrected chi connectivity index (χ3v) is 2.14. The van der Waals surface area contributed by atoms with Gasteiger partial charge in [0, 0.05) is 26.5 Å². The molecule has 15 heavy (non-hydrogen) atoms. The van der Waals surface area contributed by atoms with Crippen molar-refractivity contribution in [2.75, 3.05) is 0 Å². The average molecular weight is 204 g/mol. The molecule has 2 aromatic rings. The Morgan fingerprint density at radius 3 is 2.73 bits per heavy atom. The minimum atomic E-state index is 0.0433. The number of aromatic nitrogens is 4. The summed E-state index contributed by atoms with van der Waals surface area (Å²) in [6, 6.07) is 1.84. The van der Waals surface area contributed by atoms with Crippen molar-refractivity contribution in [3.05, 3.63) is 35.9 Å². The predicted octanol–water partition coefficient (Wildman–Crippen LogP) is 0.579. The summed E-state index contributed by atoms with van der Waals surface area (Å²) in [5.41, 5.74) is 1.41. The van der Waals surface area contributed by atoms with Crippen LogP contribution in [0.5, 0.6) is 0 Å². The minimum Gasteiger partial charge on any atom is -0.294 e. The Morgan fingerprint density at radius 1 is 1.40 bits per heavy atom. The Hall–Kier alpha value is -1.91. The highest BCUT2D eigenvalue weighted by atomic mass is 16.1. The van der Waals surface area contributed by atoms with Crippen LogP contribution in [0, 0.1) is 0 Å². The highest BCUT2D eigenvalue weighted by molar-refractivity contribution is 5.96. The van der Waals surface area contributed by atoms with Crippen molar-refractivity contribution in [2.45, 2.75) is 6.42 Å². The first-order valence-electron chi connectivity index (χ1n) is 4.65. The first-order valence-corrected chi connectivity index (χ1v) is 4.65. The van der Waals surface area contributed by atoms with Gasteiger partial charge in [-0.1, -0.05) is 0 Å². The van der Waals surface area contributed by atoms with Gasteiger partial charge < -0.3 is 0 Å². The normalized spacial score (nSPS) is 10.5. The lowest BCUT2D eigenvalue weighted by molar-refractivity contribution is 0.0991. The zero-order valence-electron chi connectivity index (χ0n) is 8.71. The number of carbonyl (C=O) groups excluding carboxylic acids is 1. The molecule has 0 amide bonds. The zero-order valence-corrected chi connectivity index (χ0v) is 8.71. The fraction of sp³-hybridized carbons (Fsp3) is 0.300. The first kappa shape index (κ1) is 9.64. The average Bonchev–Trinajstić information content (AvgIpc) is 2.75. The summed E-state index contributed by atoms with van der Waals surface area (Å²) in [6.07, 6.45) is 5.44. The molecule has 0 aliphatic rings. The van der Waals surface area contributed by atoms with E-state index in [0.717, 1.165) is 5.69 Å². The van der Waals surface area contributed by atoms with Gasteiger partial charge in [0.05, 0.1) is 23.9 Å². The lowest BCUT2D eigenvalue weighted by Gasteiger charge is -1.93. The number of hydrogen-bond acceptors (Lipinski definition) is 3. The molecule has 2 rings (SSSR count). The summed E-state index contributed by atoms with van der Waals surface area (Å²) >= 11 is 0. The molecular formula is C10H12N4O. The molecule has 0 bridgehead atoms. The second-order valence-electron chi connectivity index (χ2n) is 3.48. The third-order valence-electron chi connectivity index (χ3n) is 2.14. The van der Waals surface area contributed by atoms with Crippen LogP contribution in [0.15, 0.2) is 24.7 Å². The molecule has 0 aliphatic carbocycles. The van der Waals surface area contributed by atoms with Gasteiger partial charge >= 0.3 is 0 Å². The number of nitrogens with zero attached hydrogens (tertiary/aromatic N) is 4. The van der Waals surface area contributed by atoms with E-state index in [-0.39, 0.29) is 5.78 Å². The van der Waals surface area contributed by atoms with Gasteiger partial charge in [0.25, 0.3) is 0 Å². The highest BCUT2D eigenvalue weighted by Gasteiger charge is 2.10. The first-order chi connectivity index (χ1) is 7.15. The molecule has 0 N–H and O–H groups in total. The van der Waals surface area contributed by atoms with E-state index in [1.165, 1.54) is 0 Å². The van der Waals surface area contributed by atoms with Crippen molar-refractivity contribution < 1.29 is 4.79 Å². The molecule has 78 valence electrons. The van der Waals surface area contributed by atoms with E-state index in [2.05, 4.69) is 10.2 Å². The van der Waals surface area contributed by atoms with E-state index in [1.54, 1.807) is 28.8 Å². The maximum atomic E-state index is 11.7. The maximum Gasteiger partial charge on any atom is 0.172 e. The zero-order chi connectivity index (χ0) is 10.8. The van der Waals surface area contributed by atoms with Crippen LogP contribution >= 0.6 is 0 Å². The minimum absolute atomic E-state index is 0.0433. The second kappa shape index (κ2) is 3.68. The Morgan fingerprint density at radius 2 is 2.20 bits per heavy atom. The van der Waals surface area contributed by atoms with Crippen LogP contribution in [0.25, 0.3) is 0 Å². The number of ketones is 1. The molecule has 0 saturated heterocycles. The van der Waals surface area contributed by atoms with Crippen molar-refractivity contribution in [1.82, 2.24) is 19.6 Å². The summed E-state index contributed by atoms with van der Waals surface area (Å²) in [6.45, 7) is 0. The van der Waals surface area contributed by atoms with Crippen molar-refractivity contribution in [1.29, 1.82) is 0 Å². The highest BCUT2D eigenvalue weighted by Crippen LogP contribution is 2.04. The summed E-state index contributed by atoms with van der Waals surface area (Å²) in [5, 5.41) is 8.11. The quantitative estimate of drug-likeness (QED) is 0.687. The van der Waals surface area contributed by atoms with E-state index >= 15 is 0 Å². The van der Waals surface area contributed by atoms with Gasteiger partial charge in [0.15, 0.2) is 5.78 Å². The van der Waals surface area contributed by atoms with Crippen LogP contribution in [-0.2, 0) is 20.5 Å². The number of aryl methyl sites for hydroxylation is 2. The Kier molecular flexibility index (Phi) is 2.37. The monoisotopic (exact) mass is 204 g/mol. The number of Topliss-reactive ketones (excluding diaryl/α,β-unsaturated/α-hetero) is 1. The fourth-order valence-corrected chi connectivity index (χ4v) is 1.39. The lowest BCUT2D eigenvalue weighted by Crippen LogP contribution is -2.03. The Labute approximate surface area is 87.3 Å². The number of hydrogen-bond donors (Lipinski definition) is 0. The van der Waals surface area contributed by atoms with Crippen molar-refractivity contribution in [3.63, 3.8) is 0 Å².